The largest absolute Gasteiger partial charge is 0.465 e. The first kappa shape index (κ1) is 23.5. The summed E-state index contributed by atoms with van der Waals surface area (Å²) >= 11 is 0. The number of hydrogen-bond acceptors (Lipinski definition) is 8. The first-order valence-electron chi connectivity index (χ1n) is 10.1. The molecule has 164 valence electrons. The van der Waals surface area contributed by atoms with Crippen LogP contribution in [-0.2, 0) is 23.9 Å². The van der Waals surface area contributed by atoms with Crippen LogP contribution in [0, 0.1) is 0 Å². The number of unbranched alkanes of at least 4 members (excludes halogenated alkanes) is 2. The molecule has 1 heterocycles. The summed E-state index contributed by atoms with van der Waals surface area (Å²) in [4.78, 5) is 54.9. The van der Waals surface area contributed by atoms with Crippen LogP contribution < -0.4 is 0 Å². The number of hydroxylamine groups is 2. The molecule has 0 saturated carbocycles. The second kappa shape index (κ2) is 12.0. The molecule has 0 N–H and O–H groups in total. The molecule has 1 aliphatic rings. The maximum Gasteiger partial charge on any atom is 0.320 e. The number of esters is 2. The Hall–Kier alpha value is -2.78. The molecule has 0 unspecified atom stereocenters. The van der Waals surface area contributed by atoms with Crippen LogP contribution in [-0.4, -0.2) is 73.2 Å². The summed E-state index contributed by atoms with van der Waals surface area (Å²) in [5.74, 6) is -1.69. The van der Waals surface area contributed by atoms with Gasteiger partial charge in [-0.25, -0.2) is 0 Å². The smallest absolute Gasteiger partial charge is 0.320 e. The van der Waals surface area contributed by atoms with Crippen molar-refractivity contribution in [2.45, 2.75) is 33.1 Å². The molecule has 1 aromatic carbocycles. The van der Waals surface area contributed by atoms with Crippen LogP contribution in [0.15, 0.2) is 24.3 Å². The third-order valence-corrected chi connectivity index (χ3v) is 4.41. The summed E-state index contributed by atoms with van der Waals surface area (Å²) in [6, 6.07) is 6.60. The first-order valence-corrected chi connectivity index (χ1v) is 10.1. The average molecular weight is 420 g/mol. The lowest BCUT2D eigenvalue weighted by Gasteiger charge is -2.20. The molecule has 0 saturated heterocycles. The highest BCUT2D eigenvalue weighted by Gasteiger charge is 2.36. The van der Waals surface area contributed by atoms with Gasteiger partial charge in [-0.05, 0) is 51.8 Å². The maximum atomic E-state index is 12.2. The van der Waals surface area contributed by atoms with Gasteiger partial charge in [-0.3, -0.25) is 28.9 Å². The van der Waals surface area contributed by atoms with Crippen LogP contribution in [0.3, 0.4) is 0 Å². The van der Waals surface area contributed by atoms with Gasteiger partial charge in [-0.1, -0.05) is 12.1 Å². The molecular weight excluding hydrogens is 392 g/mol. The van der Waals surface area contributed by atoms with E-state index >= 15 is 0 Å². The van der Waals surface area contributed by atoms with Crippen molar-refractivity contribution in [2.75, 3.05) is 39.5 Å². The normalized spacial score (nSPS) is 13.0. The lowest BCUT2D eigenvalue weighted by Crippen LogP contribution is -2.37. The monoisotopic (exact) mass is 420 g/mol. The molecule has 0 spiro atoms. The van der Waals surface area contributed by atoms with Crippen molar-refractivity contribution in [1.82, 2.24) is 9.96 Å². The van der Waals surface area contributed by atoms with Crippen molar-refractivity contribution in [1.29, 1.82) is 0 Å². The maximum absolute atomic E-state index is 12.2. The predicted octanol–water partition coefficient (Wildman–Crippen LogP) is 1.81. The van der Waals surface area contributed by atoms with Gasteiger partial charge in [0, 0.05) is 0 Å². The minimum Gasteiger partial charge on any atom is -0.465 e. The molecule has 1 aliphatic heterocycles. The van der Waals surface area contributed by atoms with Crippen molar-refractivity contribution < 1.29 is 33.5 Å². The highest BCUT2D eigenvalue weighted by atomic mass is 16.7. The summed E-state index contributed by atoms with van der Waals surface area (Å²) in [5, 5.41) is 0.804. The van der Waals surface area contributed by atoms with E-state index < -0.39 is 23.8 Å². The molecule has 1 aromatic rings. The Morgan fingerprint density at radius 2 is 1.40 bits per heavy atom. The number of fused-ring (bicyclic) bond motifs is 1. The Labute approximate surface area is 175 Å². The molecule has 0 aliphatic carbocycles. The zero-order chi connectivity index (χ0) is 21.9. The van der Waals surface area contributed by atoms with Crippen molar-refractivity contribution in [3.8, 4) is 0 Å². The molecule has 2 amide bonds. The standard InChI is InChI=1S/C21H28N2O7/c1-3-28-18(24)14-22(15-19(25)29-4-2)12-8-5-9-13-30-23-20(26)16-10-6-7-11-17(16)21(23)27/h6-7,10-11H,3-5,8-9,12-15H2,1-2H3. The molecular formula is C21H28N2O7. The van der Waals surface area contributed by atoms with E-state index in [2.05, 4.69) is 0 Å². The van der Waals surface area contributed by atoms with Crippen LogP contribution >= 0.6 is 0 Å². The number of hydrogen-bond donors (Lipinski definition) is 0. The summed E-state index contributed by atoms with van der Waals surface area (Å²) in [5.41, 5.74) is 0.687. The molecule has 9 nitrogen and oxygen atoms in total. The molecule has 2 rings (SSSR count). The van der Waals surface area contributed by atoms with Crippen molar-refractivity contribution in [2.24, 2.45) is 0 Å². The average Bonchev–Trinajstić information content (AvgIpc) is 2.95. The Bertz CT molecular complexity index is 710. The molecule has 9 heteroatoms. The lowest BCUT2D eigenvalue weighted by molar-refractivity contribution is -0.148. The van der Waals surface area contributed by atoms with Crippen molar-refractivity contribution in [3.63, 3.8) is 0 Å². The van der Waals surface area contributed by atoms with Crippen LogP contribution in [0.4, 0.5) is 0 Å². The summed E-state index contributed by atoms with van der Waals surface area (Å²) in [6.45, 7) is 4.74. The second-order valence-corrected chi connectivity index (χ2v) is 6.66. The third kappa shape index (κ3) is 6.64. The SMILES string of the molecule is CCOC(=O)CN(CCCCCON1C(=O)c2ccccc2C1=O)CC(=O)OCC. The molecule has 0 atom stereocenters. The Morgan fingerprint density at radius 3 is 1.90 bits per heavy atom. The van der Waals surface area contributed by atoms with Gasteiger partial charge < -0.3 is 9.47 Å². The number of imide groups is 1. The Morgan fingerprint density at radius 1 is 0.867 bits per heavy atom. The van der Waals surface area contributed by atoms with E-state index in [-0.39, 0.29) is 32.9 Å². The number of rotatable bonds is 13. The van der Waals surface area contributed by atoms with E-state index in [4.69, 9.17) is 14.3 Å². The fraction of sp³-hybridized carbons (Fsp3) is 0.524. The van der Waals surface area contributed by atoms with Crippen LogP contribution in [0.2, 0.25) is 0 Å². The number of carbonyl (C=O) groups excluding carboxylic acids is 4. The topological polar surface area (TPSA) is 102 Å². The number of amides is 2. The van der Waals surface area contributed by atoms with Gasteiger partial charge >= 0.3 is 11.9 Å². The summed E-state index contributed by atoms with van der Waals surface area (Å²) in [6.07, 6.45) is 2.04. The van der Waals surface area contributed by atoms with E-state index in [1.165, 1.54) is 0 Å². The van der Waals surface area contributed by atoms with Crippen LogP contribution in [0.1, 0.15) is 53.8 Å². The highest BCUT2D eigenvalue weighted by Crippen LogP contribution is 2.22. The van der Waals surface area contributed by atoms with E-state index in [1.807, 2.05) is 0 Å². The predicted molar refractivity (Wildman–Crippen MR) is 106 cm³/mol. The number of benzene rings is 1. The number of nitrogens with zero attached hydrogens (tertiary/aromatic N) is 2. The van der Waals surface area contributed by atoms with Gasteiger partial charge in [0.25, 0.3) is 11.8 Å². The zero-order valence-electron chi connectivity index (χ0n) is 17.4. The van der Waals surface area contributed by atoms with Gasteiger partial charge in [0.15, 0.2) is 0 Å². The summed E-state index contributed by atoms with van der Waals surface area (Å²) in [7, 11) is 0. The van der Waals surface area contributed by atoms with Crippen molar-refractivity contribution in [3.05, 3.63) is 35.4 Å². The quantitative estimate of drug-likeness (QED) is 0.270. The summed E-state index contributed by atoms with van der Waals surface area (Å²) < 4.78 is 9.88. The Balaban J connectivity index is 1.71. The molecule has 0 aromatic heterocycles. The van der Waals surface area contributed by atoms with Gasteiger partial charge in [0.1, 0.15) is 0 Å². The number of carbonyl (C=O) groups is 4. The van der Waals surface area contributed by atoms with Crippen LogP contribution in [0.5, 0.6) is 0 Å². The van der Waals surface area contributed by atoms with Gasteiger partial charge in [0.2, 0.25) is 0 Å². The van der Waals surface area contributed by atoms with E-state index in [1.54, 1.807) is 43.0 Å². The fourth-order valence-corrected chi connectivity index (χ4v) is 3.05. The first-order chi connectivity index (χ1) is 14.5. The molecule has 0 bridgehead atoms. The van der Waals surface area contributed by atoms with E-state index in [9.17, 15) is 19.2 Å². The third-order valence-electron chi connectivity index (χ3n) is 4.41. The Kier molecular flexibility index (Phi) is 9.43. The number of ether oxygens (including phenoxy) is 2. The van der Waals surface area contributed by atoms with Crippen LogP contribution in [0.25, 0.3) is 0 Å². The van der Waals surface area contributed by atoms with E-state index in [0.717, 1.165) is 11.5 Å². The van der Waals surface area contributed by atoms with Gasteiger partial charge in [0.05, 0.1) is 44.0 Å². The zero-order valence-corrected chi connectivity index (χ0v) is 17.4. The molecule has 0 fully saturated rings. The lowest BCUT2D eigenvalue weighted by atomic mass is 10.1. The second-order valence-electron chi connectivity index (χ2n) is 6.66. The van der Waals surface area contributed by atoms with Gasteiger partial charge in [-0.15, -0.1) is 5.06 Å². The van der Waals surface area contributed by atoms with Crippen molar-refractivity contribution >= 4 is 23.8 Å². The molecule has 0 radical (unpaired) electrons. The fourth-order valence-electron chi connectivity index (χ4n) is 3.05. The highest BCUT2D eigenvalue weighted by molar-refractivity contribution is 6.20. The van der Waals surface area contributed by atoms with Gasteiger partial charge in [-0.2, -0.15) is 0 Å². The molecule has 30 heavy (non-hydrogen) atoms. The minimum absolute atomic E-state index is 0.0121. The van der Waals surface area contributed by atoms with E-state index in [0.29, 0.717) is 30.5 Å². The minimum atomic E-state index is -0.453.